The first-order chi connectivity index (χ1) is 14.6. The van der Waals surface area contributed by atoms with Crippen LogP contribution in [-0.4, -0.2) is 44.4 Å². The minimum absolute atomic E-state index is 0.00771. The van der Waals surface area contributed by atoms with Gasteiger partial charge in [-0.2, -0.15) is 0 Å². The summed E-state index contributed by atoms with van der Waals surface area (Å²) in [6.45, 7) is 6.81. The fourth-order valence-electron chi connectivity index (χ4n) is 4.01. The van der Waals surface area contributed by atoms with Crippen LogP contribution in [0, 0.1) is 0 Å². The maximum Gasteiger partial charge on any atom is 0.217 e. The number of anilines is 1. The van der Waals surface area contributed by atoms with Crippen LogP contribution in [0.2, 0.25) is 0 Å². The van der Waals surface area contributed by atoms with Crippen molar-refractivity contribution in [2.75, 3.05) is 31.2 Å². The first-order valence-corrected chi connectivity index (χ1v) is 10.7. The largest absolute Gasteiger partial charge is 0.489 e. The van der Waals surface area contributed by atoms with Gasteiger partial charge in [-0.3, -0.25) is 4.79 Å². The van der Waals surface area contributed by atoms with Gasteiger partial charge in [0.25, 0.3) is 0 Å². The highest BCUT2D eigenvalue weighted by Gasteiger charge is 2.24. The Labute approximate surface area is 178 Å². The van der Waals surface area contributed by atoms with Gasteiger partial charge < -0.3 is 24.4 Å². The molecule has 0 radical (unpaired) electrons. The molecule has 0 aliphatic carbocycles. The molecule has 0 spiro atoms. The maximum atomic E-state index is 11.2. The lowest BCUT2D eigenvalue weighted by molar-refractivity contribution is -0.119. The first kappa shape index (κ1) is 20.5. The molecule has 2 aromatic rings. The second-order valence-electron chi connectivity index (χ2n) is 8.06. The molecule has 160 valence electrons. The molecule has 6 nitrogen and oxygen atoms in total. The van der Waals surface area contributed by atoms with E-state index in [4.69, 9.17) is 14.2 Å². The van der Waals surface area contributed by atoms with Gasteiger partial charge in [0.15, 0.2) is 0 Å². The van der Waals surface area contributed by atoms with Gasteiger partial charge in [0.05, 0.1) is 25.8 Å². The molecule has 2 fully saturated rings. The van der Waals surface area contributed by atoms with Gasteiger partial charge in [-0.1, -0.05) is 12.1 Å². The second-order valence-corrected chi connectivity index (χ2v) is 8.06. The Morgan fingerprint density at radius 3 is 2.33 bits per heavy atom. The van der Waals surface area contributed by atoms with Crippen molar-refractivity contribution < 1.29 is 19.0 Å². The van der Waals surface area contributed by atoms with Crippen molar-refractivity contribution in [2.24, 2.45) is 0 Å². The van der Waals surface area contributed by atoms with Gasteiger partial charge in [0.2, 0.25) is 5.91 Å². The highest BCUT2D eigenvalue weighted by atomic mass is 16.5. The molecule has 0 aromatic heterocycles. The van der Waals surface area contributed by atoms with E-state index in [1.165, 1.54) is 12.6 Å². The Morgan fingerprint density at radius 2 is 1.70 bits per heavy atom. The summed E-state index contributed by atoms with van der Waals surface area (Å²) >= 11 is 0. The number of hydrogen-bond acceptors (Lipinski definition) is 5. The third kappa shape index (κ3) is 5.25. The molecule has 2 saturated heterocycles. The lowest BCUT2D eigenvalue weighted by Gasteiger charge is -2.20. The van der Waals surface area contributed by atoms with E-state index in [2.05, 4.69) is 22.3 Å². The third-order valence-electron chi connectivity index (χ3n) is 5.64. The van der Waals surface area contributed by atoms with Crippen LogP contribution in [0.15, 0.2) is 48.5 Å². The van der Waals surface area contributed by atoms with Gasteiger partial charge in [-0.05, 0) is 48.9 Å². The number of benzene rings is 2. The predicted octanol–water partition coefficient (Wildman–Crippen LogP) is 3.71. The molecule has 4 rings (SSSR count). The van der Waals surface area contributed by atoms with E-state index in [9.17, 15) is 4.79 Å². The van der Waals surface area contributed by atoms with Crippen LogP contribution in [0.3, 0.4) is 0 Å². The summed E-state index contributed by atoms with van der Waals surface area (Å²) in [5.74, 6) is 1.74. The topological polar surface area (TPSA) is 60.0 Å². The summed E-state index contributed by atoms with van der Waals surface area (Å²) in [6, 6.07) is 16.3. The molecule has 1 amide bonds. The number of nitrogens with zero attached hydrogens (tertiary/aromatic N) is 1. The van der Waals surface area contributed by atoms with Gasteiger partial charge in [-0.15, -0.1) is 0 Å². The molecule has 2 heterocycles. The van der Waals surface area contributed by atoms with E-state index in [1.807, 2.05) is 43.3 Å². The SMILES string of the molecule is CC(=O)N[C@@H](C)c1ccc(OC2CCN(c3ccc(O[C@H]4CCOC4)cc3)C2)cc1. The summed E-state index contributed by atoms with van der Waals surface area (Å²) in [6.07, 6.45) is 2.28. The van der Waals surface area contributed by atoms with Crippen molar-refractivity contribution in [3.8, 4) is 11.5 Å². The number of hydrogen-bond donors (Lipinski definition) is 1. The lowest BCUT2D eigenvalue weighted by Crippen LogP contribution is -2.24. The summed E-state index contributed by atoms with van der Waals surface area (Å²) in [5.41, 5.74) is 2.26. The fraction of sp³-hybridized carbons (Fsp3) is 0.458. The van der Waals surface area contributed by atoms with Crippen LogP contribution in [0.5, 0.6) is 11.5 Å². The quantitative estimate of drug-likeness (QED) is 0.754. The van der Waals surface area contributed by atoms with E-state index in [-0.39, 0.29) is 24.2 Å². The highest BCUT2D eigenvalue weighted by Crippen LogP contribution is 2.27. The zero-order chi connectivity index (χ0) is 20.9. The Balaban J connectivity index is 1.28. The van der Waals surface area contributed by atoms with Crippen LogP contribution < -0.4 is 19.7 Å². The number of rotatable bonds is 7. The number of ether oxygens (including phenoxy) is 3. The van der Waals surface area contributed by atoms with Crippen molar-refractivity contribution >= 4 is 11.6 Å². The Hall–Kier alpha value is -2.73. The molecule has 1 unspecified atom stereocenters. The van der Waals surface area contributed by atoms with Crippen molar-refractivity contribution in [3.63, 3.8) is 0 Å². The average Bonchev–Trinajstić information content (AvgIpc) is 3.41. The van der Waals surface area contributed by atoms with Crippen LogP contribution in [0.1, 0.15) is 38.3 Å². The van der Waals surface area contributed by atoms with E-state index >= 15 is 0 Å². The summed E-state index contributed by atoms with van der Waals surface area (Å²) < 4.78 is 17.5. The van der Waals surface area contributed by atoms with Gasteiger partial charge in [0.1, 0.15) is 23.7 Å². The molecule has 1 N–H and O–H groups in total. The van der Waals surface area contributed by atoms with Crippen molar-refractivity contribution in [1.29, 1.82) is 0 Å². The van der Waals surface area contributed by atoms with Crippen LogP contribution in [0.25, 0.3) is 0 Å². The number of carbonyl (C=O) groups excluding carboxylic acids is 1. The zero-order valence-electron chi connectivity index (χ0n) is 17.7. The van der Waals surface area contributed by atoms with E-state index in [0.29, 0.717) is 6.61 Å². The molecule has 2 aromatic carbocycles. The fourth-order valence-corrected chi connectivity index (χ4v) is 4.01. The lowest BCUT2D eigenvalue weighted by atomic mass is 10.1. The molecule has 3 atom stereocenters. The summed E-state index contributed by atoms with van der Waals surface area (Å²) in [7, 11) is 0. The molecule has 2 aliphatic heterocycles. The summed E-state index contributed by atoms with van der Waals surface area (Å²) in [5, 5.41) is 2.90. The maximum absolute atomic E-state index is 11.2. The molecule has 2 aliphatic rings. The molecular formula is C24H30N2O4. The van der Waals surface area contributed by atoms with Gasteiger partial charge in [-0.25, -0.2) is 0 Å². The number of carbonyl (C=O) groups is 1. The monoisotopic (exact) mass is 410 g/mol. The molecular weight excluding hydrogens is 380 g/mol. The Kier molecular flexibility index (Phi) is 6.43. The van der Waals surface area contributed by atoms with Gasteiger partial charge >= 0.3 is 0 Å². The predicted molar refractivity (Wildman–Crippen MR) is 116 cm³/mol. The van der Waals surface area contributed by atoms with Crippen LogP contribution in [0.4, 0.5) is 5.69 Å². The van der Waals surface area contributed by atoms with Gasteiger partial charge in [0, 0.05) is 32.0 Å². The number of nitrogens with one attached hydrogen (secondary N) is 1. The second kappa shape index (κ2) is 9.39. The Bertz CT molecular complexity index is 831. The first-order valence-electron chi connectivity index (χ1n) is 10.7. The highest BCUT2D eigenvalue weighted by molar-refractivity contribution is 5.73. The molecule has 6 heteroatoms. The smallest absolute Gasteiger partial charge is 0.217 e. The molecule has 30 heavy (non-hydrogen) atoms. The third-order valence-corrected chi connectivity index (χ3v) is 5.64. The zero-order valence-corrected chi connectivity index (χ0v) is 17.7. The molecule has 0 bridgehead atoms. The van der Waals surface area contributed by atoms with E-state index in [0.717, 1.165) is 49.6 Å². The van der Waals surface area contributed by atoms with E-state index < -0.39 is 0 Å². The number of amides is 1. The van der Waals surface area contributed by atoms with Crippen molar-refractivity contribution in [1.82, 2.24) is 5.32 Å². The van der Waals surface area contributed by atoms with Crippen LogP contribution >= 0.6 is 0 Å². The normalized spacial score (nSPS) is 22.0. The standard InChI is InChI=1S/C24H30N2O4/c1-17(25-18(2)27)19-3-7-21(8-4-19)29-23-11-13-26(15-23)20-5-9-22(10-6-20)30-24-12-14-28-16-24/h3-10,17,23-24H,11-16H2,1-2H3,(H,25,27)/t17-,23?,24-/m0/s1. The van der Waals surface area contributed by atoms with Crippen molar-refractivity contribution in [3.05, 3.63) is 54.1 Å². The van der Waals surface area contributed by atoms with E-state index in [1.54, 1.807) is 0 Å². The van der Waals surface area contributed by atoms with Crippen molar-refractivity contribution in [2.45, 2.75) is 44.9 Å². The average molecular weight is 411 g/mol. The minimum atomic E-state index is -0.0268. The Morgan fingerprint density at radius 1 is 1.03 bits per heavy atom. The minimum Gasteiger partial charge on any atom is -0.489 e. The summed E-state index contributed by atoms with van der Waals surface area (Å²) in [4.78, 5) is 13.6. The van der Waals surface area contributed by atoms with Crippen LogP contribution in [-0.2, 0) is 9.53 Å². The molecule has 0 saturated carbocycles.